The molecule has 0 aromatic rings. The fourth-order valence-corrected chi connectivity index (χ4v) is 7.44. The average molecular weight is 718 g/mol. The van der Waals surface area contributed by atoms with Gasteiger partial charge >= 0.3 is 11.9 Å². The Balaban J connectivity index is 2.78. The highest BCUT2D eigenvalue weighted by atomic mass is 16.7. The summed E-state index contributed by atoms with van der Waals surface area (Å²) in [5.74, 6) is -4.30. The summed E-state index contributed by atoms with van der Waals surface area (Å²) in [6.07, 6.45) is -6.46. The molecule has 0 unspecified atom stereocenters. The first-order valence-electron chi connectivity index (χ1n) is 18.2. The molecule has 292 valence electrons. The number of rotatable bonds is 10. The van der Waals surface area contributed by atoms with E-state index in [0.717, 1.165) is 0 Å². The van der Waals surface area contributed by atoms with Crippen molar-refractivity contribution in [2.45, 2.75) is 155 Å². The summed E-state index contributed by atoms with van der Waals surface area (Å²) in [5.41, 5.74) is -3.21. The predicted molar refractivity (Wildman–Crippen MR) is 187 cm³/mol. The quantitative estimate of drug-likeness (QED) is 0.241. The lowest BCUT2D eigenvalue weighted by Gasteiger charge is -2.48. The van der Waals surface area contributed by atoms with Crippen molar-refractivity contribution in [3.63, 3.8) is 0 Å². The zero-order chi connectivity index (χ0) is 38.3. The molecular formula is C36H67N3O11. The molecule has 0 bridgehead atoms. The molecule has 0 spiro atoms. The zero-order valence-electron chi connectivity index (χ0n) is 32.7. The summed E-state index contributed by atoms with van der Waals surface area (Å²) in [6.45, 7) is 18.4. The highest BCUT2D eigenvalue weighted by Crippen LogP contribution is 2.38. The van der Waals surface area contributed by atoms with E-state index in [2.05, 4.69) is 5.32 Å². The van der Waals surface area contributed by atoms with Crippen LogP contribution in [0, 0.1) is 17.8 Å². The van der Waals surface area contributed by atoms with Crippen molar-refractivity contribution in [2.75, 3.05) is 40.8 Å². The number of nitrogens with zero attached hydrogens (tertiary/aromatic N) is 2. The van der Waals surface area contributed by atoms with Gasteiger partial charge in [-0.2, -0.15) is 0 Å². The normalized spacial score (nSPS) is 41.2. The van der Waals surface area contributed by atoms with Crippen molar-refractivity contribution in [1.29, 1.82) is 0 Å². The van der Waals surface area contributed by atoms with E-state index in [4.69, 9.17) is 23.7 Å². The summed E-state index contributed by atoms with van der Waals surface area (Å²) in [5, 5.41) is 37.0. The number of amides is 1. The number of methoxy groups -OCH3 is 1. The number of nitrogens with one attached hydrogen (secondary N) is 1. The number of carbonyl (C=O) groups is 3. The fraction of sp³-hybridized carbons (Fsp3) is 0.917. The lowest BCUT2D eigenvalue weighted by Crippen LogP contribution is -2.60. The number of hydrogen-bond acceptors (Lipinski definition) is 13. The molecule has 4 N–H and O–H groups in total. The average Bonchev–Trinajstić information content (AvgIpc) is 3.06. The first-order valence-corrected chi connectivity index (χ1v) is 18.2. The van der Waals surface area contributed by atoms with Gasteiger partial charge in [0.1, 0.15) is 30.0 Å². The second-order valence-electron chi connectivity index (χ2n) is 15.1. The maximum absolute atomic E-state index is 14.0. The molecule has 0 radical (unpaired) electrons. The molecule has 2 aliphatic rings. The third-order valence-electron chi connectivity index (χ3n) is 10.9. The standard InChI is InChI=1S/C36H67N3O11/c1-14-26-36(10,45)30(42)24(8)37-32(43)20(4)18-35(9,46-13)31(50-34-28(41)25(38(11)12)17-21(5)47-34)22(6)29(23(7)33(44)48-26)49-27(40)19-39(15-2)16-3/h20-26,28-31,34,41-42,45H,14-19H2,1-13H3,(H,37,43)/t20-,21-,22+,23-,24-,25+,26-,28+,29+,30-,31-,34+,35-,36-/m1/s1. The predicted octanol–water partition coefficient (Wildman–Crippen LogP) is 1.71. The molecule has 2 aliphatic heterocycles. The van der Waals surface area contributed by atoms with Gasteiger partial charge in [0.15, 0.2) is 6.29 Å². The molecular weight excluding hydrogens is 650 g/mol. The Bertz CT molecular complexity index is 1110. The van der Waals surface area contributed by atoms with E-state index in [9.17, 15) is 29.7 Å². The van der Waals surface area contributed by atoms with Gasteiger partial charge in [-0.3, -0.25) is 19.3 Å². The summed E-state index contributed by atoms with van der Waals surface area (Å²) in [4.78, 5) is 44.9. The Morgan fingerprint density at radius 2 is 1.64 bits per heavy atom. The van der Waals surface area contributed by atoms with E-state index in [1.165, 1.54) is 14.0 Å². The molecule has 0 aromatic heterocycles. The van der Waals surface area contributed by atoms with Crippen molar-refractivity contribution in [3.8, 4) is 0 Å². The van der Waals surface area contributed by atoms with Crippen LogP contribution in [0.2, 0.25) is 0 Å². The summed E-state index contributed by atoms with van der Waals surface area (Å²) in [6, 6.07) is -1.21. The minimum Gasteiger partial charge on any atom is -0.460 e. The fourth-order valence-electron chi connectivity index (χ4n) is 7.44. The molecule has 2 heterocycles. The number of ether oxygens (including phenoxy) is 5. The summed E-state index contributed by atoms with van der Waals surface area (Å²) < 4.78 is 31.1. The van der Waals surface area contributed by atoms with Gasteiger partial charge < -0.3 is 49.2 Å². The van der Waals surface area contributed by atoms with E-state index >= 15 is 0 Å². The SMILES string of the molecule is CC[C@H]1OC(=O)[C@H](C)[C@@H](OC(=O)CN(CC)CC)[C@H](C)[C@@H](O[C@@H]2O[C@H](C)C[C@H](N(C)C)[C@@H]2O)[C@](C)(OC)C[C@@H](C)C(=O)N[C@H](C)[C@@H](O)[C@]1(C)O. The maximum Gasteiger partial charge on any atom is 0.320 e. The van der Waals surface area contributed by atoms with E-state index in [-0.39, 0.29) is 31.5 Å². The van der Waals surface area contributed by atoms with Crippen molar-refractivity contribution in [3.05, 3.63) is 0 Å². The topological polar surface area (TPSA) is 177 Å². The van der Waals surface area contributed by atoms with Crippen LogP contribution in [0.15, 0.2) is 0 Å². The first kappa shape index (κ1) is 44.3. The Kier molecular flexibility index (Phi) is 16.6. The summed E-state index contributed by atoms with van der Waals surface area (Å²) in [7, 11) is 5.22. The van der Waals surface area contributed by atoms with E-state index in [1.807, 2.05) is 44.7 Å². The van der Waals surface area contributed by atoms with E-state index < -0.39 is 89.7 Å². The van der Waals surface area contributed by atoms with Gasteiger partial charge in [-0.05, 0) is 81.1 Å². The van der Waals surface area contributed by atoms with Crippen LogP contribution in [0.25, 0.3) is 0 Å². The van der Waals surface area contributed by atoms with Crippen LogP contribution in [0.3, 0.4) is 0 Å². The first-order chi connectivity index (χ1) is 23.2. The van der Waals surface area contributed by atoms with Crippen molar-refractivity contribution in [1.82, 2.24) is 15.1 Å². The van der Waals surface area contributed by atoms with Crippen molar-refractivity contribution in [2.24, 2.45) is 17.8 Å². The lowest BCUT2D eigenvalue weighted by molar-refractivity contribution is -0.301. The zero-order valence-corrected chi connectivity index (χ0v) is 32.7. The molecule has 1 amide bonds. The van der Waals surface area contributed by atoms with Crippen LogP contribution in [-0.2, 0) is 38.1 Å². The van der Waals surface area contributed by atoms with Gasteiger partial charge in [-0.25, -0.2) is 0 Å². The van der Waals surface area contributed by atoms with Crippen LogP contribution in [-0.4, -0.2) is 150 Å². The number of carbonyl (C=O) groups excluding carboxylic acids is 3. The number of hydrogen-bond donors (Lipinski definition) is 4. The lowest BCUT2D eigenvalue weighted by atomic mass is 9.77. The molecule has 2 saturated heterocycles. The second kappa shape index (κ2) is 18.7. The van der Waals surface area contributed by atoms with Crippen molar-refractivity contribution < 1.29 is 53.4 Å². The van der Waals surface area contributed by atoms with Crippen molar-refractivity contribution >= 4 is 17.8 Å². The van der Waals surface area contributed by atoms with Gasteiger partial charge in [-0.15, -0.1) is 0 Å². The summed E-state index contributed by atoms with van der Waals surface area (Å²) >= 11 is 0. The van der Waals surface area contributed by atoms with Gasteiger partial charge in [0, 0.05) is 25.0 Å². The van der Waals surface area contributed by atoms with Gasteiger partial charge in [-0.1, -0.05) is 34.6 Å². The molecule has 14 nitrogen and oxygen atoms in total. The second-order valence-corrected chi connectivity index (χ2v) is 15.1. The minimum atomic E-state index is -1.94. The molecule has 14 atom stereocenters. The Labute approximate surface area is 299 Å². The molecule has 0 aromatic carbocycles. The van der Waals surface area contributed by atoms with Crippen LogP contribution in [0.1, 0.15) is 88.5 Å². The number of cyclic esters (lactones) is 1. The Hall–Kier alpha value is -1.91. The van der Waals surface area contributed by atoms with Gasteiger partial charge in [0.25, 0.3) is 0 Å². The number of likely N-dealkylation sites (N-methyl/N-ethyl adjacent to an activating group) is 2. The number of aliphatic hydroxyl groups excluding tert-OH is 2. The number of esters is 2. The van der Waals surface area contributed by atoms with Crippen LogP contribution < -0.4 is 5.32 Å². The van der Waals surface area contributed by atoms with E-state index in [1.54, 1.807) is 41.5 Å². The number of aliphatic hydroxyl groups is 3. The molecule has 2 rings (SSSR count). The molecule has 50 heavy (non-hydrogen) atoms. The highest BCUT2D eigenvalue weighted by Gasteiger charge is 2.52. The Morgan fingerprint density at radius 1 is 1.04 bits per heavy atom. The smallest absolute Gasteiger partial charge is 0.320 e. The van der Waals surface area contributed by atoms with Gasteiger partial charge in [0.2, 0.25) is 5.91 Å². The van der Waals surface area contributed by atoms with Crippen LogP contribution in [0.5, 0.6) is 0 Å². The van der Waals surface area contributed by atoms with Crippen LogP contribution in [0.4, 0.5) is 0 Å². The van der Waals surface area contributed by atoms with E-state index in [0.29, 0.717) is 19.5 Å². The maximum atomic E-state index is 14.0. The molecule has 0 saturated carbocycles. The largest absolute Gasteiger partial charge is 0.460 e. The minimum absolute atomic E-state index is 0.0227. The molecule has 14 heteroatoms. The third kappa shape index (κ3) is 10.6. The monoisotopic (exact) mass is 717 g/mol. The molecule has 2 fully saturated rings. The van der Waals surface area contributed by atoms with Crippen LogP contribution >= 0.6 is 0 Å². The van der Waals surface area contributed by atoms with Gasteiger partial charge in [0.05, 0.1) is 36.3 Å². The molecule has 0 aliphatic carbocycles. The highest BCUT2D eigenvalue weighted by molar-refractivity contribution is 5.79. The Morgan fingerprint density at radius 3 is 2.16 bits per heavy atom. The third-order valence-corrected chi connectivity index (χ3v) is 10.9.